The molecule has 0 spiro atoms. The third-order valence-electron chi connectivity index (χ3n) is 2.98. The van der Waals surface area contributed by atoms with Crippen LogP contribution in [-0.4, -0.2) is 32.9 Å². The van der Waals surface area contributed by atoms with Crippen molar-refractivity contribution in [3.63, 3.8) is 0 Å². The first-order valence-corrected chi connectivity index (χ1v) is 6.77. The van der Waals surface area contributed by atoms with E-state index in [1.54, 1.807) is 31.3 Å². The smallest absolute Gasteiger partial charge is 0.251 e. The Balaban J connectivity index is 1.93. The molecule has 8 heteroatoms. The number of carbonyl (C=O) groups excluding carboxylic acids is 1. The highest BCUT2D eigenvalue weighted by Gasteiger charge is 2.08. The molecule has 0 aliphatic carbocycles. The fourth-order valence-corrected chi connectivity index (χ4v) is 2.04. The van der Waals surface area contributed by atoms with Gasteiger partial charge in [-0.25, -0.2) is 19.9 Å². The normalized spacial score (nSPS) is 10.5. The average Bonchev–Trinajstić information content (AvgIpc) is 2.55. The molecule has 22 heavy (non-hydrogen) atoms. The minimum atomic E-state index is -0.140. The van der Waals surface area contributed by atoms with Crippen LogP contribution >= 0.6 is 11.6 Å². The van der Waals surface area contributed by atoms with Gasteiger partial charge in [0.05, 0.1) is 6.20 Å². The van der Waals surface area contributed by atoms with Crippen molar-refractivity contribution in [1.29, 1.82) is 0 Å². The number of hydrogen-bond acceptors (Lipinski definition) is 6. The third kappa shape index (κ3) is 2.79. The first kappa shape index (κ1) is 14.2. The molecule has 7 nitrogen and oxygen atoms in total. The van der Waals surface area contributed by atoms with Crippen molar-refractivity contribution in [2.75, 3.05) is 12.4 Å². The molecule has 2 aromatic heterocycles. The van der Waals surface area contributed by atoms with Gasteiger partial charge in [-0.15, -0.1) is 0 Å². The Hall–Kier alpha value is -2.80. The van der Waals surface area contributed by atoms with E-state index >= 15 is 0 Å². The number of nitrogens with one attached hydrogen (secondary N) is 2. The summed E-state index contributed by atoms with van der Waals surface area (Å²) in [6.07, 6.45) is 2.95. The summed E-state index contributed by atoms with van der Waals surface area (Å²) in [7, 11) is 1.59. The average molecular weight is 315 g/mol. The molecule has 1 amide bonds. The Morgan fingerprint density at radius 3 is 2.64 bits per heavy atom. The monoisotopic (exact) mass is 314 g/mol. The van der Waals surface area contributed by atoms with Crippen LogP contribution in [0, 0.1) is 0 Å². The Morgan fingerprint density at radius 2 is 1.91 bits per heavy atom. The molecule has 0 unspecified atom stereocenters. The van der Waals surface area contributed by atoms with Gasteiger partial charge in [-0.1, -0.05) is 0 Å². The summed E-state index contributed by atoms with van der Waals surface area (Å²) in [6.45, 7) is 0. The Morgan fingerprint density at radius 1 is 1.14 bits per heavy atom. The molecular formula is C14H11ClN6O. The first-order valence-electron chi connectivity index (χ1n) is 6.40. The number of benzene rings is 1. The molecule has 0 saturated heterocycles. The lowest BCUT2D eigenvalue weighted by atomic mass is 10.2. The lowest BCUT2D eigenvalue weighted by Gasteiger charge is -2.08. The summed E-state index contributed by atoms with van der Waals surface area (Å²) < 4.78 is 0. The summed E-state index contributed by atoms with van der Waals surface area (Å²) in [4.78, 5) is 27.8. The molecule has 0 radical (unpaired) electrons. The van der Waals surface area contributed by atoms with Crippen LogP contribution in [0.2, 0.25) is 5.28 Å². The minimum absolute atomic E-state index is 0.125. The number of amides is 1. The van der Waals surface area contributed by atoms with E-state index in [1.807, 2.05) is 0 Å². The van der Waals surface area contributed by atoms with E-state index in [1.165, 1.54) is 12.5 Å². The van der Waals surface area contributed by atoms with Crippen molar-refractivity contribution in [3.05, 3.63) is 47.6 Å². The molecule has 0 saturated carbocycles. The lowest BCUT2D eigenvalue weighted by Crippen LogP contribution is -2.17. The maximum absolute atomic E-state index is 11.5. The van der Waals surface area contributed by atoms with Gasteiger partial charge in [-0.3, -0.25) is 4.79 Å². The van der Waals surface area contributed by atoms with Gasteiger partial charge in [-0.2, -0.15) is 0 Å². The quantitative estimate of drug-likeness (QED) is 0.720. The molecule has 3 aromatic rings. The van der Waals surface area contributed by atoms with Crippen molar-refractivity contribution < 1.29 is 4.79 Å². The minimum Gasteiger partial charge on any atom is -0.355 e. The third-order valence-corrected chi connectivity index (χ3v) is 3.17. The Bertz CT molecular complexity index is 836. The summed E-state index contributed by atoms with van der Waals surface area (Å²) in [6, 6.07) is 6.99. The number of anilines is 2. The predicted molar refractivity (Wildman–Crippen MR) is 83.3 cm³/mol. The van der Waals surface area contributed by atoms with Gasteiger partial charge in [-0.05, 0) is 35.9 Å². The number of carbonyl (C=O) groups is 1. The molecule has 2 N–H and O–H groups in total. The fourth-order valence-electron chi connectivity index (χ4n) is 1.91. The van der Waals surface area contributed by atoms with E-state index in [4.69, 9.17) is 11.6 Å². The van der Waals surface area contributed by atoms with Crippen LogP contribution in [0.15, 0.2) is 36.8 Å². The Labute approximate surface area is 130 Å². The maximum atomic E-state index is 11.5. The number of aromatic nitrogens is 4. The highest BCUT2D eigenvalue weighted by Crippen LogP contribution is 2.22. The van der Waals surface area contributed by atoms with E-state index in [-0.39, 0.29) is 11.2 Å². The van der Waals surface area contributed by atoms with Crippen LogP contribution in [0.4, 0.5) is 11.5 Å². The van der Waals surface area contributed by atoms with Crippen LogP contribution in [0.1, 0.15) is 10.4 Å². The van der Waals surface area contributed by atoms with Crippen molar-refractivity contribution >= 4 is 40.0 Å². The molecule has 0 aliphatic rings. The molecule has 0 atom stereocenters. The first-order chi connectivity index (χ1) is 10.7. The van der Waals surface area contributed by atoms with Crippen LogP contribution < -0.4 is 10.6 Å². The predicted octanol–water partition coefficient (Wildman–Crippen LogP) is 2.18. The SMILES string of the molecule is CNC(=O)c1ccc(Nc2ncnc3cnc(Cl)nc23)cc1. The molecule has 2 heterocycles. The lowest BCUT2D eigenvalue weighted by molar-refractivity contribution is 0.0963. The zero-order valence-electron chi connectivity index (χ0n) is 11.5. The standard InChI is InChI=1S/C14H11ClN6O/c1-16-13(22)8-2-4-9(5-3-8)20-12-11-10(18-7-19-12)6-17-14(15)21-11/h2-7H,1H3,(H,16,22)(H,18,19,20). The zero-order valence-corrected chi connectivity index (χ0v) is 12.3. The van der Waals surface area contributed by atoms with E-state index in [2.05, 4.69) is 30.6 Å². The molecule has 1 aromatic carbocycles. The largest absolute Gasteiger partial charge is 0.355 e. The number of nitrogens with zero attached hydrogens (tertiary/aromatic N) is 4. The highest BCUT2D eigenvalue weighted by atomic mass is 35.5. The molecule has 3 rings (SSSR count). The van der Waals surface area contributed by atoms with Crippen molar-refractivity contribution in [2.45, 2.75) is 0 Å². The van der Waals surface area contributed by atoms with Crippen LogP contribution in [0.5, 0.6) is 0 Å². The molecule has 0 fully saturated rings. The summed E-state index contributed by atoms with van der Waals surface area (Å²) in [5.41, 5.74) is 2.45. The highest BCUT2D eigenvalue weighted by molar-refractivity contribution is 6.28. The van der Waals surface area contributed by atoms with E-state index in [0.29, 0.717) is 22.4 Å². The molecule has 110 valence electrons. The van der Waals surface area contributed by atoms with Crippen molar-refractivity contribution in [1.82, 2.24) is 25.3 Å². The molecule has 0 aliphatic heterocycles. The zero-order chi connectivity index (χ0) is 15.5. The second kappa shape index (κ2) is 5.90. The van der Waals surface area contributed by atoms with Gasteiger partial charge >= 0.3 is 0 Å². The Kier molecular flexibility index (Phi) is 3.80. The topological polar surface area (TPSA) is 92.7 Å². The second-order valence-corrected chi connectivity index (χ2v) is 4.71. The van der Waals surface area contributed by atoms with E-state index in [0.717, 1.165) is 5.69 Å². The summed E-state index contributed by atoms with van der Waals surface area (Å²) in [5, 5.41) is 5.82. The summed E-state index contributed by atoms with van der Waals surface area (Å²) >= 11 is 5.82. The fraction of sp³-hybridized carbons (Fsp3) is 0.0714. The van der Waals surface area contributed by atoms with E-state index in [9.17, 15) is 4.79 Å². The second-order valence-electron chi connectivity index (χ2n) is 4.38. The van der Waals surface area contributed by atoms with Gasteiger partial charge < -0.3 is 10.6 Å². The van der Waals surface area contributed by atoms with Gasteiger partial charge in [0.2, 0.25) is 5.28 Å². The number of hydrogen-bond donors (Lipinski definition) is 2. The number of rotatable bonds is 3. The molecule has 0 bridgehead atoms. The van der Waals surface area contributed by atoms with Gasteiger partial charge in [0, 0.05) is 18.3 Å². The number of halogens is 1. The number of fused-ring (bicyclic) bond motifs is 1. The van der Waals surface area contributed by atoms with Gasteiger partial charge in [0.25, 0.3) is 5.91 Å². The van der Waals surface area contributed by atoms with Gasteiger partial charge in [0.1, 0.15) is 17.4 Å². The van der Waals surface area contributed by atoms with Crippen LogP contribution in [0.3, 0.4) is 0 Å². The van der Waals surface area contributed by atoms with Crippen LogP contribution in [0.25, 0.3) is 11.0 Å². The maximum Gasteiger partial charge on any atom is 0.251 e. The van der Waals surface area contributed by atoms with Gasteiger partial charge in [0.15, 0.2) is 5.82 Å². The van der Waals surface area contributed by atoms with Crippen molar-refractivity contribution in [2.24, 2.45) is 0 Å². The van der Waals surface area contributed by atoms with Crippen molar-refractivity contribution in [3.8, 4) is 0 Å². The van der Waals surface area contributed by atoms with Crippen LogP contribution in [-0.2, 0) is 0 Å². The summed E-state index contributed by atoms with van der Waals surface area (Å²) in [5.74, 6) is 0.376. The van der Waals surface area contributed by atoms with E-state index < -0.39 is 0 Å². The molecular weight excluding hydrogens is 304 g/mol.